The summed E-state index contributed by atoms with van der Waals surface area (Å²) in [6.07, 6.45) is 2.70. The molecular weight excluding hydrogens is 412 g/mol. The minimum Gasteiger partial charge on any atom is -0.508 e. The van der Waals surface area contributed by atoms with Crippen molar-refractivity contribution < 1.29 is 33.3 Å². The fourth-order valence-corrected chi connectivity index (χ4v) is 4.87. The number of ether oxygens (including phenoxy) is 1. The van der Waals surface area contributed by atoms with Gasteiger partial charge in [0.15, 0.2) is 0 Å². The maximum absolute atomic E-state index is 14.8. The Labute approximate surface area is 179 Å². The van der Waals surface area contributed by atoms with Gasteiger partial charge in [0.1, 0.15) is 22.9 Å². The number of hydrogen-bond acceptors (Lipinski definition) is 6. The zero-order valence-electron chi connectivity index (χ0n) is 17.9. The van der Waals surface area contributed by atoms with E-state index in [0.29, 0.717) is 37.7 Å². The summed E-state index contributed by atoms with van der Waals surface area (Å²) in [4.78, 5) is 26.3. The largest absolute Gasteiger partial charge is 0.508 e. The maximum atomic E-state index is 14.8. The predicted molar refractivity (Wildman–Crippen MR) is 108 cm³/mol. The highest BCUT2D eigenvalue weighted by molar-refractivity contribution is 5.81. The number of unbranched alkanes of at least 4 members (excludes halogenated alkanes) is 3. The normalized spacial score (nSPS) is 22.3. The topological polar surface area (TPSA) is 98.9 Å². The average molecular weight is 441 g/mol. The third kappa shape index (κ3) is 5.25. The van der Waals surface area contributed by atoms with Crippen molar-refractivity contribution in [2.75, 3.05) is 6.61 Å². The number of carbonyl (C=O) groups is 1. The lowest BCUT2D eigenvalue weighted by Gasteiger charge is -2.47. The molecule has 1 aliphatic heterocycles. The van der Waals surface area contributed by atoms with Crippen LogP contribution in [0, 0.1) is 16.0 Å². The van der Waals surface area contributed by atoms with E-state index in [9.17, 15) is 28.8 Å². The van der Waals surface area contributed by atoms with Crippen LogP contribution in [0.25, 0.3) is 0 Å². The molecule has 0 saturated heterocycles. The number of rotatable bonds is 9. The Morgan fingerprint density at radius 3 is 2.71 bits per heavy atom. The van der Waals surface area contributed by atoms with Crippen LogP contribution in [-0.4, -0.2) is 28.2 Å². The Kier molecular flexibility index (Phi) is 6.71. The lowest BCUT2D eigenvalue weighted by Crippen LogP contribution is -2.47. The zero-order valence-corrected chi connectivity index (χ0v) is 17.9. The highest BCUT2D eigenvalue weighted by Crippen LogP contribution is 2.54. The standard InChI is InChI=1S/C22H29F2NO6/c1-21(2)17-8-7-15(26)13-16(17)20-18(27)11-14(12-19(20)31-21)22(23,24)9-5-3-4-6-10-30-25(28)29/h11-12,16-17,27H,3-10,13H2,1-2H3/t16-,17+/m1/s1. The lowest BCUT2D eigenvalue weighted by atomic mass is 9.66. The van der Waals surface area contributed by atoms with Gasteiger partial charge in [-0.3, -0.25) is 4.79 Å². The average Bonchev–Trinajstić information content (AvgIpc) is 2.65. The van der Waals surface area contributed by atoms with Gasteiger partial charge < -0.3 is 14.7 Å². The van der Waals surface area contributed by atoms with Gasteiger partial charge in [-0.15, -0.1) is 10.1 Å². The molecule has 1 aliphatic carbocycles. The van der Waals surface area contributed by atoms with Gasteiger partial charge in [0.05, 0.1) is 6.61 Å². The van der Waals surface area contributed by atoms with E-state index in [1.165, 1.54) is 6.07 Å². The Balaban J connectivity index is 1.70. The molecule has 0 aromatic heterocycles. The number of halogens is 2. The fourth-order valence-electron chi connectivity index (χ4n) is 4.87. The Bertz CT molecular complexity index is 842. The summed E-state index contributed by atoms with van der Waals surface area (Å²) in [5, 5.41) is 19.8. The number of phenolic OH excluding ortho intramolecular Hbond substituents is 1. The molecule has 2 atom stereocenters. The predicted octanol–water partition coefficient (Wildman–Crippen LogP) is 5.27. The summed E-state index contributed by atoms with van der Waals surface area (Å²) in [6, 6.07) is 2.40. The SMILES string of the molecule is CC1(C)Oc2cc(C(F)(F)CCCCCCO[N+](=O)[O-])cc(O)c2[C@@H]2CC(=O)CC[C@@H]21. The van der Waals surface area contributed by atoms with Gasteiger partial charge in [0.25, 0.3) is 11.0 Å². The number of fused-ring (bicyclic) bond motifs is 3. The van der Waals surface area contributed by atoms with Crippen LogP contribution in [0.3, 0.4) is 0 Å². The molecular formula is C22H29F2NO6. The Morgan fingerprint density at radius 2 is 2.00 bits per heavy atom. The molecule has 0 bridgehead atoms. The molecule has 0 spiro atoms. The van der Waals surface area contributed by atoms with E-state index >= 15 is 0 Å². The van der Waals surface area contributed by atoms with Crippen LogP contribution in [0.1, 0.15) is 82.3 Å². The lowest BCUT2D eigenvalue weighted by molar-refractivity contribution is -0.757. The van der Waals surface area contributed by atoms with E-state index < -0.39 is 23.0 Å². The molecule has 1 aromatic carbocycles. The van der Waals surface area contributed by atoms with Crippen molar-refractivity contribution in [1.29, 1.82) is 0 Å². The van der Waals surface area contributed by atoms with E-state index in [4.69, 9.17) is 4.74 Å². The van der Waals surface area contributed by atoms with Crippen molar-refractivity contribution >= 4 is 5.78 Å². The first kappa shape index (κ1) is 23.2. The second-order valence-corrected chi connectivity index (χ2v) is 9.03. The molecule has 9 heteroatoms. The van der Waals surface area contributed by atoms with Gasteiger partial charge in [-0.05, 0) is 45.2 Å². The smallest absolute Gasteiger partial charge is 0.294 e. The van der Waals surface area contributed by atoms with Crippen molar-refractivity contribution in [3.05, 3.63) is 33.4 Å². The van der Waals surface area contributed by atoms with E-state index in [-0.39, 0.29) is 54.1 Å². The van der Waals surface area contributed by atoms with Crippen LogP contribution in [0.15, 0.2) is 12.1 Å². The summed E-state index contributed by atoms with van der Waals surface area (Å²) < 4.78 is 35.7. The Morgan fingerprint density at radius 1 is 1.29 bits per heavy atom. The van der Waals surface area contributed by atoms with Crippen molar-refractivity contribution in [2.45, 2.75) is 82.7 Å². The molecule has 0 radical (unpaired) electrons. The minimum atomic E-state index is -3.16. The van der Waals surface area contributed by atoms with E-state index in [0.717, 1.165) is 6.07 Å². The van der Waals surface area contributed by atoms with E-state index in [2.05, 4.69) is 4.84 Å². The molecule has 7 nitrogen and oxygen atoms in total. The second kappa shape index (κ2) is 8.96. The van der Waals surface area contributed by atoms with Crippen LogP contribution in [0.5, 0.6) is 11.5 Å². The third-order valence-electron chi connectivity index (χ3n) is 6.43. The number of Topliss-reactive ketones (excluding diaryl/α,β-unsaturated/α-hetero) is 1. The van der Waals surface area contributed by atoms with Gasteiger partial charge in [-0.25, -0.2) is 8.78 Å². The number of phenols is 1. The van der Waals surface area contributed by atoms with Crippen molar-refractivity contribution in [3.63, 3.8) is 0 Å². The molecule has 1 N–H and O–H groups in total. The van der Waals surface area contributed by atoms with E-state index in [1.807, 2.05) is 13.8 Å². The number of aromatic hydroxyl groups is 1. The molecule has 3 rings (SSSR count). The van der Waals surface area contributed by atoms with Crippen LogP contribution < -0.4 is 4.74 Å². The number of hydrogen-bond donors (Lipinski definition) is 1. The number of benzene rings is 1. The molecule has 0 amide bonds. The van der Waals surface area contributed by atoms with Crippen molar-refractivity contribution in [2.24, 2.45) is 5.92 Å². The number of nitrogens with zero attached hydrogens (tertiary/aromatic N) is 1. The van der Waals surface area contributed by atoms with Gasteiger partial charge in [-0.2, -0.15) is 0 Å². The zero-order chi connectivity index (χ0) is 22.8. The number of carbonyl (C=O) groups excluding carboxylic acids is 1. The first-order valence-corrected chi connectivity index (χ1v) is 10.7. The highest BCUT2D eigenvalue weighted by Gasteiger charge is 2.48. The summed E-state index contributed by atoms with van der Waals surface area (Å²) >= 11 is 0. The van der Waals surface area contributed by atoms with Crippen LogP contribution in [0.4, 0.5) is 8.78 Å². The number of ketones is 1. The van der Waals surface area contributed by atoms with Gasteiger partial charge in [0.2, 0.25) is 0 Å². The maximum Gasteiger partial charge on any atom is 0.294 e. The highest BCUT2D eigenvalue weighted by atomic mass is 19.3. The summed E-state index contributed by atoms with van der Waals surface area (Å²) in [7, 11) is 0. The molecule has 2 aliphatic rings. The van der Waals surface area contributed by atoms with Gasteiger partial charge in [-0.1, -0.05) is 12.8 Å². The quantitative estimate of drug-likeness (QED) is 0.319. The van der Waals surface area contributed by atoms with Crippen LogP contribution >= 0.6 is 0 Å². The number of alkyl halides is 2. The Hall–Kier alpha value is -2.45. The monoisotopic (exact) mass is 441 g/mol. The molecule has 1 heterocycles. The molecule has 172 valence electrons. The van der Waals surface area contributed by atoms with Crippen molar-refractivity contribution in [3.8, 4) is 11.5 Å². The molecule has 1 aromatic rings. The molecule has 0 unspecified atom stereocenters. The van der Waals surface area contributed by atoms with Crippen LogP contribution in [-0.2, 0) is 15.6 Å². The van der Waals surface area contributed by atoms with Gasteiger partial charge in [0, 0.05) is 42.2 Å². The summed E-state index contributed by atoms with van der Waals surface area (Å²) in [6.45, 7) is 3.75. The third-order valence-corrected chi connectivity index (χ3v) is 6.43. The fraction of sp³-hybridized carbons (Fsp3) is 0.682. The minimum absolute atomic E-state index is 0.0363. The molecule has 31 heavy (non-hydrogen) atoms. The molecule has 1 saturated carbocycles. The molecule has 1 fully saturated rings. The first-order valence-electron chi connectivity index (χ1n) is 10.7. The van der Waals surface area contributed by atoms with Gasteiger partial charge >= 0.3 is 0 Å². The van der Waals surface area contributed by atoms with Crippen molar-refractivity contribution in [1.82, 2.24) is 0 Å². The van der Waals surface area contributed by atoms with Crippen LogP contribution in [0.2, 0.25) is 0 Å². The summed E-state index contributed by atoms with van der Waals surface area (Å²) in [5.74, 6) is -3.26. The second-order valence-electron chi connectivity index (χ2n) is 9.03. The first-order chi connectivity index (χ1) is 14.5. The van der Waals surface area contributed by atoms with E-state index in [1.54, 1.807) is 0 Å². The summed E-state index contributed by atoms with van der Waals surface area (Å²) in [5.41, 5.74) is -0.468.